The number of hydrogen-bond donors (Lipinski definition) is 0. The van der Waals surface area contributed by atoms with Crippen molar-refractivity contribution in [2.75, 3.05) is 6.61 Å². The van der Waals surface area contributed by atoms with Crippen LogP contribution in [0.3, 0.4) is 0 Å². The van der Waals surface area contributed by atoms with Crippen molar-refractivity contribution in [1.82, 2.24) is 14.7 Å². The molecule has 0 amide bonds. The standard InChI is InChI=1S/C17H18F2N4O2/c1-10-13(12(3)25-22-10)8-9-24-21-11(2)16-20-14-6-4-5-7-15(14)23(16)17(18)19/h4-7,17H,8-9H2,1-3H3/b21-11+. The molecule has 2 heterocycles. The van der Waals surface area contributed by atoms with Crippen molar-refractivity contribution in [3.05, 3.63) is 47.1 Å². The lowest BCUT2D eigenvalue weighted by atomic mass is 10.1. The third-order valence-electron chi connectivity index (χ3n) is 3.94. The topological polar surface area (TPSA) is 65.4 Å². The van der Waals surface area contributed by atoms with E-state index in [0.717, 1.165) is 21.6 Å². The van der Waals surface area contributed by atoms with Gasteiger partial charge < -0.3 is 9.36 Å². The lowest BCUT2D eigenvalue weighted by molar-refractivity contribution is 0.0737. The Morgan fingerprint density at radius 1 is 1.32 bits per heavy atom. The minimum Gasteiger partial charge on any atom is -0.395 e. The first-order valence-electron chi connectivity index (χ1n) is 7.83. The summed E-state index contributed by atoms with van der Waals surface area (Å²) >= 11 is 0. The molecule has 0 unspecified atom stereocenters. The van der Waals surface area contributed by atoms with Crippen molar-refractivity contribution in [3.8, 4) is 0 Å². The van der Waals surface area contributed by atoms with Crippen LogP contribution in [0.25, 0.3) is 11.0 Å². The molecule has 0 atom stereocenters. The summed E-state index contributed by atoms with van der Waals surface area (Å²) in [5.74, 6) is 0.829. The Morgan fingerprint density at radius 2 is 2.08 bits per heavy atom. The number of alkyl halides is 2. The molecule has 0 N–H and O–H groups in total. The van der Waals surface area contributed by atoms with E-state index in [1.807, 2.05) is 13.8 Å². The van der Waals surface area contributed by atoms with Gasteiger partial charge in [0.05, 0.1) is 16.7 Å². The molecule has 1 aromatic carbocycles. The number of hydrogen-bond acceptors (Lipinski definition) is 5. The molecule has 0 saturated heterocycles. The van der Waals surface area contributed by atoms with E-state index in [1.54, 1.807) is 31.2 Å². The van der Waals surface area contributed by atoms with Gasteiger partial charge in [-0.25, -0.2) is 4.98 Å². The summed E-state index contributed by atoms with van der Waals surface area (Å²) in [6, 6.07) is 6.73. The highest BCUT2D eigenvalue weighted by Gasteiger charge is 2.19. The highest BCUT2D eigenvalue weighted by atomic mass is 19.3. The van der Waals surface area contributed by atoms with Crippen molar-refractivity contribution >= 4 is 16.7 Å². The number of nitrogens with zero attached hydrogens (tertiary/aromatic N) is 4. The molecule has 0 saturated carbocycles. The van der Waals surface area contributed by atoms with Gasteiger partial charge in [-0.3, -0.25) is 4.57 Å². The zero-order valence-electron chi connectivity index (χ0n) is 14.2. The van der Waals surface area contributed by atoms with E-state index in [2.05, 4.69) is 15.3 Å². The molecule has 0 fully saturated rings. The van der Waals surface area contributed by atoms with Gasteiger partial charge in [-0.1, -0.05) is 22.4 Å². The van der Waals surface area contributed by atoms with Gasteiger partial charge in [0.2, 0.25) is 0 Å². The van der Waals surface area contributed by atoms with E-state index < -0.39 is 6.55 Å². The normalized spacial score (nSPS) is 12.3. The molecular formula is C17H18F2N4O2. The number of halogens is 2. The molecule has 0 bridgehead atoms. The van der Waals surface area contributed by atoms with Crippen LogP contribution in [0.4, 0.5) is 8.78 Å². The highest BCUT2D eigenvalue weighted by molar-refractivity contribution is 5.98. The maximum atomic E-state index is 13.4. The Bertz CT molecular complexity index is 895. The lowest BCUT2D eigenvalue weighted by Crippen LogP contribution is -2.10. The quantitative estimate of drug-likeness (QED) is 0.383. The fourth-order valence-electron chi connectivity index (χ4n) is 2.69. The van der Waals surface area contributed by atoms with Crippen LogP contribution >= 0.6 is 0 Å². The number of rotatable bonds is 6. The summed E-state index contributed by atoms with van der Waals surface area (Å²) in [7, 11) is 0. The summed E-state index contributed by atoms with van der Waals surface area (Å²) < 4.78 is 32.8. The Hall–Kier alpha value is -2.77. The minimum absolute atomic E-state index is 0.0912. The number of imidazole rings is 1. The highest BCUT2D eigenvalue weighted by Crippen LogP contribution is 2.23. The Kier molecular flexibility index (Phi) is 4.78. The first-order valence-corrected chi connectivity index (χ1v) is 7.83. The van der Waals surface area contributed by atoms with Crippen molar-refractivity contribution in [2.45, 2.75) is 33.7 Å². The molecule has 0 radical (unpaired) electrons. The minimum atomic E-state index is -2.71. The zero-order valence-corrected chi connectivity index (χ0v) is 14.2. The maximum absolute atomic E-state index is 13.4. The Morgan fingerprint density at radius 3 is 2.76 bits per heavy atom. The second-order valence-electron chi connectivity index (χ2n) is 5.63. The van der Waals surface area contributed by atoms with Gasteiger partial charge in [0, 0.05) is 12.0 Å². The molecule has 6 nitrogen and oxygen atoms in total. The number of para-hydroxylation sites is 2. The molecule has 3 rings (SSSR count). The van der Waals surface area contributed by atoms with Gasteiger partial charge in [-0.15, -0.1) is 0 Å². The van der Waals surface area contributed by atoms with Crippen molar-refractivity contribution < 1.29 is 18.1 Å². The summed E-state index contributed by atoms with van der Waals surface area (Å²) in [5, 5.41) is 7.81. The van der Waals surface area contributed by atoms with Gasteiger partial charge in [-0.05, 0) is 32.9 Å². The van der Waals surface area contributed by atoms with E-state index in [-0.39, 0.29) is 18.1 Å². The number of aromatic nitrogens is 3. The van der Waals surface area contributed by atoms with Crippen LogP contribution in [0, 0.1) is 13.8 Å². The van der Waals surface area contributed by atoms with Crippen LogP contribution in [0.15, 0.2) is 33.9 Å². The van der Waals surface area contributed by atoms with Crippen LogP contribution in [-0.2, 0) is 11.3 Å². The van der Waals surface area contributed by atoms with E-state index in [0.29, 0.717) is 17.5 Å². The Balaban J connectivity index is 1.76. The second kappa shape index (κ2) is 7.00. The number of fused-ring (bicyclic) bond motifs is 1. The Labute approximate surface area is 143 Å². The molecule has 25 heavy (non-hydrogen) atoms. The number of oxime groups is 1. The average Bonchev–Trinajstić information content (AvgIpc) is 3.12. The molecule has 2 aromatic heterocycles. The fraction of sp³-hybridized carbons (Fsp3) is 0.353. The first kappa shape index (κ1) is 17.1. The fourth-order valence-corrected chi connectivity index (χ4v) is 2.69. The lowest BCUT2D eigenvalue weighted by Gasteiger charge is -2.07. The molecule has 8 heteroatoms. The smallest absolute Gasteiger partial charge is 0.320 e. The molecule has 132 valence electrons. The molecule has 0 aliphatic carbocycles. The summed E-state index contributed by atoms with van der Waals surface area (Å²) in [6.07, 6.45) is 0.573. The first-order chi connectivity index (χ1) is 12.0. The van der Waals surface area contributed by atoms with Gasteiger partial charge in [0.25, 0.3) is 0 Å². The van der Waals surface area contributed by atoms with E-state index in [1.165, 1.54) is 0 Å². The largest absolute Gasteiger partial charge is 0.395 e. The molecule has 3 aromatic rings. The van der Waals surface area contributed by atoms with Crippen molar-refractivity contribution in [3.63, 3.8) is 0 Å². The van der Waals surface area contributed by atoms with Crippen molar-refractivity contribution in [1.29, 1.82) is 0 Å². The molecule has 0 aliphatic heterocycles. The average molecular weight is 348 g/mol. The summed E-state index contributed by atoms with van der Waals surface area (Å²) in [5.41, 5.74) is 2.91. The zero-order chi connectivity index (χ0) is 18.0. The van der Waals surface area contributed by atoms with Gasteiger partial charge in [0.15, 0.2) is 5.82 Å². The van der Waals surface area contributed by atoms with E-state index in [9.17, 15) is 8.78 Å². The summed E-state index contributed by atoms with van der Waals surface area (Å²) in [6.45, 7) is 2.85. The number of benzene rings is 1. The van der Waals surface area contributed by atoms with E-state index in [4.69, 9.17) is 9.36 Å². The van der Waals surface area contributed by atoms with Crippen molar-refractivity contribution in [2.24, 2.45) is 5.16 Å². The SMILES string of the molecule is C/C(=N\OCCc1c(C)noc1C)c1nc2ccccc2n1C(F)F. The van der Waals surface area contributed by atoms with Crippen LogP contribution in [0.2, 0.25) is 0 Å². The van der Waals surface area contributed by atoms with Crippen LogP contribution in [0.1, 0.15) is 36.3 Å². The monoisotopic (exact) mass is 348 g/mol. The van der Waals surface area contributed by atoms with Crippen LogP contribution in [-0.4, -0.2) is 27.0 Å². The van der Waals surface area contributed by atoms with Gasteiger partial charge in [-0.2, -0.15) is 8.78 Å². The molecule has 0 spiro atoms. The molecular weight excluding hydrogens is 330 g/mol. The predicted molar refractivity (Wildman–Crippen MR) is 88.8 cm³/mol. The third-order valence-corrected chi connectivity index (χ3v) is 3.94. The third kappa shape index (κ3) is 3.38. The van der Waals surface area contributed by atoms with Gasteiger partial charge in [0.1, 0.15) is 18.1 Å². The maximum Gasteiger partial charge on any atom is 0.320 e. The van der Waals surface area contributed by atoms with Crippen LogP contribution in [0.5, 0.6) is 0 Å². The van der Waals surface area contributed by atoms with Crippen LogP contribution < -0.4 is 0 Å². The van der Waals surface area contributed by atoms with Gasteiger partial charge >= 0.3 is 6.55 Å². The molecule has 0 aliphatic rings. The predicted octanol–water partition coefficient (Wildman–Crippen LogP) is 4.02. The second-order valence-corrected chi connectivity index (χ2v) is 5.63. The van der Waals surface area contributed by atoms with E-state index >= 15 is 0 Å². The summed E-state index contributed by atoms with van der Waals surface area (Å²) in [4.78, 5) is 9.52. The number of aryl methyl sites for hydroxylation is 2.